The molecule has 5 nitrogen and oxygen atoms in total. The van der Waals surface area contributed by atoms with Gasteiger partial charge < -0.3 is 4.90 Å². The molecule has 156 valence electrons. The van der Waals surface area contributed by atoms with Gasteiger partial charge in [0.2, 0.25) is 10.0 Å². The first-order valence-corrected chi connectivity index (χ1v) is 11.6. The average molecular weight is 435 g/mol. The summed E-state index contributed by atoms with van der Waals surface area (Å²) in [5, 5.41) is 0.112. The molecule has 0 heterocycles. The Bertz CT molecular complexity index is 969. The van der Waals surface area contributed by atoms with Crippen LogP contribution in [0, 0.1) is 0 Å². The second-order valence-electron chi connectivity index (χ2n) is 7.76. The van der Waals surface area contributed by atoms with Gasteiger partial charge in [-0.15, -0.1) is 0 Å². The minimum Gasteiger partial charge on any atom is -0.339 e. The Kier molecular flexibility index (Phi) is 6.66. The van der Waals surface area contributed by atoms with Crippen LogP contribution in [0.1, 0.15) is 47.5 Å². The lowest BCUT2D eigenvalue weighted by Crippen LogP contribution is -2.39. The Morgan fingerprint density at radius 2 is 1.59 bits per heavy atom. The van der Waals surface area contributed by atoms with Crippen LogP contribution in [-0.2, 0) is 10.0 Å². The van der Waals surface area contributed by atoms with Crippen LogP contribution in [0.5, 0.6) is 0 Å². The van der Waals surface area contributed by atoms with E-state index < -0.39 is 10.0 Å². The molecule has 0 aromatic heterocycles. The van der Waals surface area contributed by atoms with E-state index in [0.29, 0.717) is 11.5 Å². The summed E-state index contributed by atoms with van der Waals surface area (Å²) in [4.78, 5) is 14.7. The first kappa shape index (κ1) is 21.8. The summed E-state index contributed by atoms with van der Waals surface area (Å²) >= 11 is 6.10. The summed E-state index contributed by atoms with van der Waals surface area (Å²) in [7, 11) is 0.959. The van der Waals surface area contributed by atoms with Crippen LogP contribution in [0.4, 0.5) is 0 Å². The third-order valence-electron chi connectivity index (χ3n) is 5.77. The van der Waals surface area contributed by atoms with Gasteiger partial charge in [0, 0.05) is 32.7 Å². The second-order valence-corrected chi connectivity index (χ2v) is 10.3. The zero-order valence-electron chi connectivity index (χ0n) is 17.0. The Morgan fingerprint density at radius 3 is 2.17 bits per heavy atom. The van der Waals surface area contributed by atoms with Crippen LogP contribution in [0.2, 0.25) is 5.02 Å². The number of rotatable bonds is 5. The van der Waals surface area contributed by atoms with E-state index in [0.717, 1.165) is 30.0 Å². The number of carbonyl (C=O) groups excluding carboxylic acids is 1. The predicted octanol–water partition coefficient (Wildman–Crippen LogP) is 4.39. The molecule has 0 radical (unpaired) electrons. The molecule has 1 fully saturated rings. The van der Waals surface area contributed by atoms with E-state index in [9.17, 15) is 13.2 Å². The van der Waals surface area contributed by atoms with Gasteiger partial charge >= 0.3 is 0 Å². The van der Waals surface area contributed by atoms with Gasteiger partial charge in [0.05, 0.1) is 5.02 Å². The quantitative estimate of drug-likeness (QED) is 0.701. The summed E-state index contributed by atoms with van der Waals surface area (Å²) < 4.78 is 26.1. The first-order valence-electron chi connectivity index (χ1n) is 9.76. The molecule has 0 spiro atoms. The van der Waals surface area contributed by atoms with Crippen molar-refractivity contribution in [3.63, 3.8) is 0 Å². The van der Waals surface area contributed by atoms with Crippen molar-refractivity contribution in [3.8, 4) is 0 Å². The molecule has 0 unspecified atom stereocenters. The Morgan fingerprint density at radius 1 is 0.966 bits per heavy atom. The van der Waals surface area contributed by atoms with E-state index in [1.165, 1.54) is 31.8 Å². The number of amides is 1. The molecule has 1 saturated carbocycles. The van der Waals surface area contributed by atoms with Crippen LogP contribution in [-0.4, -0.2) is 50.7 Å². The van der Waals surface area contributed by atoms with Gasteiger partial charge in [0.1, 0.15) is 4.90 Å². The lowest BCUT2D eigenvalue weighted by molar-refractivity contribution is 0.0689. The number of benzene rings is 2. The van der Waals surface area contributed by atoms with Crippen molar-refractivity contribution in [2.75, 3.05) is 21.1 Å². The topological polar surface area (TPSA) is 57.7 Å². The van der Waals surface area contributed by atoms with Crippen molar-refractivity contribution in [1.82, 2.24) is 9.21 Å². The highest BCUT2D eigenvalue weighted by molar-refractivity contribution is 7.89. The molecule has 7 heteroatoms. The third kappa shape index (κ3) is 4.65. The van der Waals surface area contributed by atoms with E-state index in [1.807, 2.05) is 6.07 Å². The van der Waals surface area contributed by atoms with Gasteiger partial charge in [-0.2, -0.15) is 0 Å². The predicted molar refractivity (Wildman–Crippen MR) is 116 cm³/mol. The molecule has 0 aliphatic heterocycles. The lowest BCUT2D eigenvalue weighted by Gasteiger charge is -2.35. The van der Waals surface area contributed by atoms with E-state index in [-0.39, 0.29) is 21.9 Å². The highest BCUT2D eigenvalue weighted by Gasteiger charge is 2.29. The van der Waals surface area contributed by atoms with Crippen LogP contribution < -0.4 is 0 Å². The summed E-state index contributed by atoms with van der Waals surface area (Å²) in [5.74, 6) is 0.350. The van der Waals surface area contributed by atoms with Crippen molar-refractivity contribution in [3.05, 3.63) is 64.7 Å². The van der Waals surface area contributed by atoms with Crippen molar-refractivity contribution < 1.29 is 13.2 Å². The van der Waals surface area contributed by atoms with Crippen LogP contribution in [0.3, 0.4) is 0 Å². The Hall–Kier alpha value is -1.89. The SMILES string of the molecule is CN(C(=O)c1ccc(Cl)c(S(=O)(=O)N(C)C)c1)C1CCC(c2ccccc2)CC1. The van der Waals surface area contributed by atoms with Gasteiger partial charge in [0.25, 0.3) is 5.91 Å². The fourth-order valence-corrected chi connectivity index (χ4v) is 5.32. The molecule has 1 amide bonds. The van der Waals surface area contributed by atoms with Gasteiger partial charge in [-0.25, -0.2) is 12.7 Å². The average Bonchev–Trinajstić information content (AvgIpc) is 2.73. The number of halogens is 1. The highest BCUT2D eigenvalue weighted by atomic mass is 35.5. The molecule has 0 saturated heterocycles. The largest absolute Gasteiger partial charge is 0.339 e. The summed E-state index contributed by atoms with van der Waals surface area (Å²) in [6.07, 6.45) is 3.93. The normalized spacial score (nSPS) is 19.9. The summed E-state index contributed by atoms with van der Waals surface area (Å²) in [5.41, 5.74) is 1.69. The van der Waals surface area contributed by atoms with E-state index in [1.54, 1.807) is 18.0 Å². The summed E-state index contributed by atoms with van der Waals surface area (Å²) in [6, 6.07) is 15.1. The van der Waals surface area contributed by atoms with Crippen molar-refractivity contribution >= 4 is 27.5 Å². The third-order valence-corrected chi connectivity index (χ3v) is 8.07. The smallest absolute Gasteiger partial charge is 0.253 e. The fourth-order valence-electron chi connectivity index (χ4n) is 3.92. The molecule has 2 aromatic rings. The van der Waals surface area contributed by atoms with Crippen LogP contribution >= 0.6 is 11.6 Å². The molecule has 0 bridgehead atoms. The number of hydrogen-bond donors (Lipinski definition) is 0. The van der Waals surface area contributed by atoms with Gasteiger partial charge in [-0.3, -0.25) is 4.79 Å². The minimum atomic E-state index is -3.72. The molecule has 0 atom stereocenters. The Balaban J connectivity index is 1.73. The monoisotopic (exact) mass is 434 g/mol. The summed E-state index contributed by atoms with van der Waals surface area (Å²) in [6.45, 7) is 0. The Labute approximate surface area is 178 Å². The van der Waals surface area contributed by atoms with Crippen LogP contribution in [0.15, 0.2) is 53.4 Å². The minimum absolute atomic E-state index is 0.0452. The maximum Gasteiger partial charge on any atom is 0.253 e. The van der Waals surface area contributed by atoms with Crippen molar-refractivity contribution in [1.29, 1.82) is 0 Å². The maximum absolute atomic E-state index is 13.0. The van der Waals surface area contributed by atoms with Gasteiger partial charge in [0.15, 0.2) is 0 Å². The lowest BCUT2D eigenvalue weighted by atomic mass is 9.81. The second kappa shape index (κ2) is 8.86. The standard InChI is InChI=1S/C22H27ClN2O3S/c1-24(2)29(27,28)21-15-18(11-14-20(21)23)22(26)25(3)19-12-9-17(10-13-19)16-7-5-4-6-8-16/h4-8,11,14-15,17,19H,9-10,12-13H2,1-3H3. The van der Waals surface area contributed by atoms with Crippen LogP contribution in [0.25, 0.3) is 0 Å². The molecule has 0 N–H and O–H groups in total. The zero-order valence-corrected chi connectivity index (χ0v) is 18.6. The number of hydrogen-bond acceptors (Lipinski definition) is 3. The first-order chi connectivity index (χ1) is 13.7. The van der Waals surface area contributed by atoms with E-state index in [4.69, 9.17) is 11.6 Å². The van der Waals surface area contributed by atoms with Gasteiger partial charge in [-0.1, -0.05) is 41.9 Å². The molecule has 1 aliphatic rings. The fraction of sp³-hybridized carbons (Fsp3) is 0.409. The maximum atomic E-state index is 13.0. The number of sulfonamides is 1. The van der Waals surface area contributed by atoms with E-state index in [2.05, 4.69) is 24.3 Å². The zero-order chi connectivity index (χ0) is 21.2. The molecule has 3 rings (SSSR count). The van der Waals surface area contributed by atoms with Gasteiger partial charge in [-0.05, 0) is 55.4 Å². The molecular weight excluding hydrogens is 408 g/mol. The molecular formula is C22H27ClN2O3S. The van der Waals surface area contributed by atoms with Crippen molar-refractivity contribution in [2.24, 2.45) is 0 Å². The van der Waals surface area contributed by atoms with E-state index >= 15 is 0 Å². The van der Waals surface area contributed by atoms with Crippen molar-refractivity contribution in [2.45, 2.75) is 42.5 Å². The number of carbonyl (C=O) groups is 1. The molecule has 1 aliphatic carbocycles. The molecule has 29 heavy (non-hydrogen) atoms. The number of nitrogens with zero attached hydrogens (tertiary/aromatic N) is 2. The highest BCUT2D eigenvalue weighted by Crippen LogP contribution is 2.35. The molecule has 2 aromatic carbocycles.